The van der Waals surface area contributed by atoms with E-state index in [4.69, 9.17) is 5.73 Å². The Bertz CT molecular complexity index is 751. The van der Waals surface area contributed by atoms with Gasteiger partial charge in [-0.2, -0.15) is 0 Å². The molecule has 0 saturated carbocycles. The van der Waals surface area contributed by atoms with E-state index in [-0.39, 0.29) is 0 Å². The van der Waals surface area contributed by atoms with E-state index >= 15 is 0 Å². The molecule has 0 aliphatic heterocycles. The second kappa shape index (κ2) is 4.20. The van der Waals surface area contributed by atoms with Gasteiger partial charge in [-0.15, -0.1) is 0 Å². The lowest BCUT2D eigenvalue weighted by molar-refractivity contribution is 0.789. The molecule has 0 amide bonds. The maximum Gasteiger partial charge on any atom is 0.106 e. The summed E-state index contributed by atoms with van der Waals surface area (Å²) in [6, 6.07) is 6.21. The van der Waals surface area contributed by atoms with E-state index in [0.717, 1.165) is 33.8 Å². The van der Waals surface area contributed by atoms with E-state index in [0.29, 0.717) is 6.54 Å². The van der Waals surface area contributed by atoms with Crippen LogP contribution in [0.15, 0.2) is 24.5 Å². The average molecular weight is 255 g/mol. The van der Waals surface area contributed by atoms with Crippen molar-refractivity contribution in [3.8, 4) is 11.3 Å². The fraction of sp³-hybridized carbons (Fsp3) is 0.286. The monoisotopic (exact) mass is 255 g/mol. The van der Waals surface area contributed by atoms with Crippen LogP contribution in [0.4, 0.5) is 0 Å². The van der Waals surface area contributed by atoms with Gasteiger partial charge in [-0.05, 0) is 19.1 Å². The van der Waals surface area contributed by atoms with Gasteiger partial charge in [0.05, 0.1) is 28.7 Å². The van der Waals surface area contributed by atoms with Crippen molar-refractivity contribution in [2.45, 2.75) is 13.5 Å². The van der Waals surface area contributed by atoms with E-state index in [2.05, 4.69) is 28.2 Å². The van der Waals surface area contributed by atoms with E-state index in [9.17, 15) is 0 Å². The molecule has 0 unspecified atom stereocenters. The molecule has 0 aliphatic carbocycles. The topological polar surface area (TPSA) is 61.7 Å². The quantitative estimate of drug-likeness (QED) is 0.758. The molecule has 3 rings (SSSR count). The molecule has 5 nitrogen and oxygen atoms in total. The van der Waals surface area contributed by atoms with Crippen molar-refractivity contribution in [1.82, 2.24) is 19.1 Å². The highest BCUT2D eigenvalue weighted by Crippen LogP contribution is 2.26. The van der Waals surface area contributed by atoms with Crippen LogP contribution in [-0.4, -0.2) is 19.1 Å². The van der Waals surface area contributed by atoms with Gasteiger partial charge in [0.2, 0.25) is 0 Å². The Kier molecular flexibility index (Phi) is 2.64. The third-order valence-electron chi connectivity index (χ3n) is 3.63. The zero-order valence-electron chi connectivity index (χ0n) is 11.4. The van der Waals surface area contributed by atoms with Crippen molar-refractivity contribution in [3.63, 3.8) is 0 Å². The summed E-state index contributed by atoms with van der Waals surface area (Å²) in [7, 11) is 3.98. The maximum absolute atomic E-state index is 5.84. The van der Waals surface area contributed by atoms with Gasteiger partial charge >= 0.3 is 0 Å². The molecule has 2 N–H and O–H groups in total. The maximum atomic E-state index is 5.84. The number of hydrogen-bond donors (Lipinski definition) is 1. The Morgan fingerprint density at radius 2 is 2.05 bits per heavy atom. The summed E-state index contributed by atoms with van der Waals surface area (Å²) in [6.07, 6.45) is 1.82. The van der Waals surface area contributed by atoms with Crippen LogP contribution >= 0.6 is 0 Å². The smallest absolute Gasteiger partial charge is 0.106 e. The van der Waals surface area contributed by atoms with Crippen molar-refractivity contribution >= 4 is 11.0 Å². The van der Waals surface area contributed by atoms with Crippen LogP contribution in [-0.2, 0) is 20.6 Å². The van der Waals surface area contributed by atoms with Crippen LogP contribution in [0, 0.1) is 6.92 Å². The minimum absolute atomic E-state index is 0.479. The number of hydrogen-bond acceptors (Lipinski definition) is 3. The van der Waals surface area contributed by atoms with Crippen molar-refractivity contribution in [2.75, 3.05) is 0 Å². The molecule has 5 heteroatoms. The molecule has 0 fully saturated rings. The molecule has 3 aromatic rings. The van der Waals surface area contributed by atoms with E-state index in [1.807, 2.05) is 36.5 Å². The number of nitrogens with zero attached hydrogens (tertiary/aromatic N) is 4. The molecule has 0 bridgehead atoms. The number of fused-ring (bicyclic) bond motifs is 1. The molecule has 98 valence electrons. The van der Waals surface area contributed by atoms with Gasteiger partial charge in [0, 0.05) is 26.2 Å². The number of nitrogens with two attached hydrogens (primary N) is 1. The normalized spacial score (nSPS) is 11.4. The largest absolute Gasteiger partial charge is 0.334 e. The van der Waals surface area contributed by atoms with E-state index in [1.54, 1.807) is 0 Å². The van der Waals surface area contributed by atoms with Crippen LogP contribution < -0.4 is 5.73 Å². The molecule has 0 aliphatic rings. The van der Waals surface area contributed by atoms with Crippen LogP contribution in [0.25, 0.3) is 22.3 Å². The highest BCUT2D eigenvalue weighted by atomic mass is 15.1. The van der Waals surface area contributed by atoms with Gasteiger partial charge in [-0.3, -0.25) is 0 Å². The number of imidazole rings is 2. The van der Waals surface area contributed by atoms with Gasteiger partial charge in [0.1, 0.15) is 5.82 Å². The lowest BCUT2D eigenvalue weighted by atomic mass is 10.1. The summed E-state index contributed by atoms with van der Waals surface area (Å²) in [5, 5.41) is 0. The predicted octanol–water partition coefficient (Wildman–Crippen LogP) is 1.74. The molecular formula is C14H17N5. The Morgan fingerprint density at radius 1 is 1.26 bits per heavy atom. The summed E-state index contributed by atoms with van der Waals surface area (Å²) in [6.45, 7) is 2.47. The van der Waals surface area contributed by atoms with Crippen LogP contribution in [0.1, 0.15) is 11.5 Å². The number of rotatable bonds is 2. The Labute approximate surface area is 111 Å². The summed E-state index contributed by atoms with van der Waals surface area (Å²) in [4.78, 5) is 9.00. The zero-order valence-corrected chi connectivity index (χ0v) is 11.4. The summed E-state index contributed by atoms with van der Waals surface area (Å²) in [5.74, 6) is 0.969. The fourth-order valence-electron chi connectivity index (χ4n) is 2.40. The minimum Gasteiger partial charge on any atom is -0.334 e. The first-order valence-electron chi connectivity index (χ1n) is 6.25. The van der Waals surface area contributed by atoms with Gasteiger partial charge in [0.25, 0.3) is 0 Å². The van der Waals surface area contributed by atoms with Crippen molar-refractivity contribution in [3.05, 3.63) is 36.0 Å². The Hall–Kier alpha value is -2.14. The van der Waals surface area contributed by atoms with E-state index < -0.39 is 0 Å². The minimum atomic E-state index is 0.479. The third-order valence-corrected chi connectivity index (χ3v) is 3.63. The number of aromatic nitrogens is 4. The van der Waals surface area contributed by atoms with Crippen molar-refractivity contribution in [2.24, 2.45) is 19.8 Å². The summed E-state index contributed by atoms with van der Waals surface area (Å²) >= 11 is 0. The SMILES string of the molecule is Cc1nc(-c2ccc3c(c2)ncn3C)c(CN)n1C. The molecule has 0 saturated heterocycles. The highest BCUT2D eigenvalue weighted by molar-refractivity contribution is 5.81. The molecule has 2 heterocycles. The Balaban J connectivity index is 2.21. The predicted molar refractivity (Wildman–Crippen MR) is 75.5 cm³/mol. The highest BCUT2D eigenvalue weighted by Gasteiger charge is 2.13. The molecule has 0 radical (unpaired) electrons. The van der Waals surface area contributed by atoms with Gasteiger partial charge in [-0.25, -0.2) is 9.97 Å². The fourth-order valence-corrected chi connectivity index (χ4v) is 2.40. The molecule has 1 aromatic carbocycles. The average Bonchev–Trinajstić information content (AvgIpc) is 2.92. The molecule has 2 aromatic heterocycles. The van der Waals surface area contributed by atoms with Gasteiger partial charge < -0.3 is 14.9 Å². The lowest BCUT2D eigenvalue weighted by Crippen LogP contribution is -2.05. The zero-order chi connectivity index (χ0) is 13.6. The number of benzene rings is 1. The molecule has 19 heavy (non-hydrogen) atoms. The van der Waals surface area contributed by atoms with Gasteiger partial charge in [-0.1, -0.05) is 6.07 Å². The molecular weight excluding hydrogens is 238 g/mol. The van der Waals surface area contributed by atoms with Crippen molar-refractivity contribution in [1.29, 1.82) is 0 Å². The van der Waals surface area contributed by atoms with Crippen LogP contribution in [0.3, 0.4) is 0 Å². The molecule has 0 atom stereocenters. The second-order valence-corrected chi connectivity index (χ2v) is 4.78. The standard InChI is InChI=1S/C14H17N5/c1-9-17-14(13(7-15)19(9)3)10-4-5-12-11(6-10)16-8-18(12)2/h4-6,8H,7,15H2,1-3H3. The van der Waals surface area contributed by atoms with Crippen molar-refractivity contribution < 1.29 is 0 Å². The van der Waals surface area contributed by atoms with Gasteiger partial charge in [0.15, 0.2) is 0 Å². The van der Waals surface area contributed by atoms with Crippen LogP contribution in [0.5, 0.6) is 0 Å². The summed E-state index contributed by atoms with van der Waals surface area (Å²) in [5.41, 5.74) is 11.0. The first-order chi connectivity index (χ1) is 9.11. The van der Waals surface area contributed by atoms with E-state index in [1.165, 1.54) is 0 Å². The summed E-state index contributed by atoms with van der Waals surface area (Å²) < 4.78 is 4.05. The van der Waals surface area contributed by atoms with Crippen LogP contribution in [0.2, 0.25) is 0 Å². The first-order valence-corrected chi connectivity index (χ1v) is 6.25. The third kappa shape index (κ3) is 1.74. The first kappa shape index (κ1) is 11.9. The second-order valence-electron chi connectivity index (χ2n) is 4.78. The lowest BCUT2D eigenvalue weighted by Gasteiger charge is -2.04. The number of aryl methyl sites for hydroxylation is 2. The molecule has 0 spiro atoms. The Morgan fingerprint density at radius 3 is 2.79 bits per heavy atom.